The maximum atomic E-state index is 13.6. The number of benzene rings is 2. The highest BCUT2D eigenvalue weighted by atomic mass is 19.2. The Morgan fingerprint density at radius 2 is 1.88 bits per heavy atom. The maximum Gasteiger partial charge on any atom is 0.265 e. The number of nitriles is 1. The summed E-state index contributed by atoms with van der Waals surface area (Å²) in [5, 5.41) is 11.0. The van der Waals surface area contributed by atoms with E-state index in [9.17, 15) is 18.0 Å². The van der Waals surface area contributed by atoms with Crippen LogP contribution in [0.3, 0.4) is 0 Å². The molecule has 0 saturated heterocycles. The van der Waals surface area contributed by atoms with E-state index in [-0.39, 0.29) is 11.5 Å². The molecule has 0 fully saturated rings. The van der Waals surface area contributed by atoms with Gasteiger partial charge in [-0.15, -0.1) is 0 Å². The van der Waals surface area contributed by atoms with E-state index in [4.69, 9.17) is 14.7 Å². The van der Waals surface area contributed by atoms with Gasteiger partial charge in [0.05, 0.1) is 24.4 Å². The average Bonchev–Trinajstić information content (AvgIpc) is 2.62. The first kappa shape index (κ1) is 18.1. The summed E-state index contributed by atoms with van der Waals surface area (Å²) in [5.74, 6) is -4.90. The molecule has 0 heterocycles. The highest BCUT2D eigenvalue weighted by Gasteiger charge is 2.21. The van der Waals surface area contributed by atoms with Gasteiger partial charge < -0.3 is 14.8 Å². The first-order valence-electron chi connectivity index (χ1n) is 7.06. The Balaban J connectivity index is 2.14. The highest BCUT2D eigenvalue weighted by molar-refractivity contribution is 5.94. The predicted molar refractivity (Wildman–Crippen MR) is 82.7 cm³/mol. The molecule has 1 amide bonds. The molecule has 0 aliphatic rings. The Kier molecular flexibility index (Phi) is 5.49. The smallest absolute Gasteiger partial charge is 0.265 e. The Morgan fingerprint density at radius 1 is 1.16 bits per heavy atom. The standard InChI is InChI=1S/C17H13F3N2O3/c1-9(25-13-6-3-10(8-21)7-14(13)24-2)17(23)22-12-5-4-11(18)15(19)16(12)20/h3-7,9H,1-2H3,(H,22,23)/t9-/m0/s1. The van der Waals surface area contributed by atoms with E-state index < -0.39 is 35.2 Å². The zero-order chi connectivity index (χ0) is 18.6. The van der Waals surface area contributed by atoms with Crippen molar-refractivity contribution >= 4 is 11.6 Å². The lowest BCUT2D eigenvalue weighted by molar-refractivity contribution is -0.122. The summed E-state index contributed by atoms with van der Waals surface area (Å²) in [7, 11) is 1.37. The quantitative estimate of drug-likeness (QED) is 0.839. The summed E-state index contributed by atoms with van der Waals surface area (Å²) >= 11 is 0. The molecule has 2 rings (SSSR count). The van der Waals surface area contributed by atoms with Crippen molar-refractivity contribution in [2.45, 2.75) is 13.0 Å². The van der Waals surface area contributed by atoms with Crippen LogP contribution in [0.15, 0.2) is 30.3 Å². The summed E-state index contributed by atoms with van der Waals surface area (Å²) in [6.07, 6.45) is -1.10. The molecule has 0 bridgehead atoms. The van der Waals surface area contributed by atoms with Gasteiger partial charge in [-0.3, -0.25) is 4.79 Å². The number of methoxy groups -OCH3 is 1. The van der Waals surface area contributed by atoms with Crippen molar-refractivity contribution in [2.24, 2.45) is 0 Å². The van der Waals surface area contributed by atoms with Gasteiger partial charge in [-0.2, -0.15) is 5.26 Å². The fourth-order valence-corrected chi connectivity index (χ4v) is 1.94. The third kappa shape index (κ3) is 4.01. The number of nitrogens with one attached hydrogen (secondary N) is 1. The SMILES string of the molecule is COc1cc(C#N)ccc1O[C@@H](C)C(=O)Nc1ccc(F)c(F)c1F. The van der Waals surface area contributed by atoms with Crippen LogP contribution >= 0.6 is 0 Å². The summed E-state index contributed by atoms with van der Waals surface area (Å²) < 4.78 is 50.2. The third-order valence-electron chi connectivity index (χ3n) is 3.26. The number of rotatable bonds is 5. The largest absolute Gasteiger partial charge is 0.493 e. The second-order valence-corrected chi connectivity index (χ2v) is 4.95. The Hall–Kier alpha value is -3.21. The fraction of sp³-hybridized carbons (Fsp3) is 0.176. The number of carbonyl (C=O) groups excluding carboxylic acids is 1. The lowest BCUT2D eigenvalue weighted by Crippen LogP contribution is -2.30. The monoisotopic (exact) mass is 350 g/mol. The van der Waals surface area contributed by atoms with Gasteiger partial charge in [0.2, 0.25) is 0 Å². The molecule has 130 valence electrons. The van der Waals surface area contributed by atoms with Crippen LogP contribution in [0.25, 0.3) is 0 Å². The zero-order valence-corrected chi connectivity index (χ0v) is 13.3. The van der Waals surface area contributed by atoms with Crippen molar-refractivity contribution < 1.29 is 27.4 Å². The van der Waals surface area contributed by atoms with Crippen molar-refractivity contribution in [3.63, 3.8) is 0 Å². The summed E-state index contributed by atoms with van der Waals surface area (Å²) in [4.78, 5) is 12.1. The molecule has 0 unspecified atom stereocenters. The van der Waals surface area contributed by atoms with Gasteiger partial charge in [0.25, 0.3) is 5.91 Å². The fourth-order valence-electron chi connectivity index (χ4n) is 1.94. The summed E-state index contributed by atoms with van der Waals surface area (Å²) in [5.41, 5.74) is -0.170. The van der Waals surface area contributed by atoms with Gasteiger partial charge in [-0.25, -0.2) is 13.2 Å². The third-order valence-corrected chi connectivity index (χ3v) is 3.26. The minimum atomic E-state index is -1.68. The van der Waals surface area contributed by atoms with Crippen LogP contribution in [-0.4, -0.2) is 19.1 Å². The summed E-state index contributed by atoms with van der Waals surface area (Å²) in [6.45, 7) is 1.38. The van der Waals surface area contributed by atoms with Crippen LogP contribution < -0.4 is 14.8 Å². The average molecular weight is 350 g/mol. The van der Waals surface area contributed by atoms with Crippen LogP contribution in [0.2, 0.25) is 0 Å². The Morgan fingerprint density at radius 3 is 2.52 bits per heavy atom. The molecule has 25 heavy (non-hydrogen) atoms. The van der Waals surface area contributed by atoms with E-state index in [0.717, 1.165) is 6.07 Å². The van der Waals surface area contributed by atoms with E-state index in [1.54, 1.807) is 0 Å². The molecule has 0 aromatic heterocycles. The van der Waals surface area contributed by atoms with Gasteiger partial charge in [0, 0.05) is 6.07 Å². The van der Waals surface area contributed by atoms with Gasteiger partial charge in [0.1, 0.15) is 0 Å². The minimum Gasteiger partial charge on any atom is -0.493 e. The normalized spacial score (nSPS) is 11.4. The molecule has 0 radical (unpaired) electrons. The van der Waals surface area contributed by atoms with E-state index in [1.165, 1.54) is 32.2 Å². The molecular weight excluding hydrogens is 337 g/mol. The molecule has 0 aliphatic carbocycles. The number of ether oxygens (including phenoxy) is 2. The molecule has 0 saturated carbocycles. The molecule has 2 aromatic rings. The van der Waals surface area contributed by atoms with Crippen LogP contribution in [0, 0.1) is 28.8 Å². The number of hydrogen-bond donors (Lipinski definition) is 1. The van der Waals surface area contributed by atoms with Crippen LogP contribution in [0.4, 0.5) is 18.9 Å². The second kappa shape index (κ2) is 7.57. The van der Waals surface area contributed by atoms with Gasteiger partial charge in [-0.05, 0) is 31.2 Å². The van der Waals surface area contributed by atoms with E-state index >= 15 is 0 Å². The lowest BCUT2D eigenvalue weighted by atomic mass is 10.2. The molecule has 0 aliphatic heterocycles. The second-order valence-electron chi connectivity index (χ2n) is 4.95. The molecule has 0 spiro atoms. The van der Waals surface area contributed by atoms with Crippen molar-refractivity contribution in [2.75, 3.05) is 12.4 Å². The molecule has 5 nitrogen and oxygen atoms in total. The topological polar surface area (TPSA) is 71.3 Å². The van der Waals surface area contributed by atoms with Gasteiger partial charge in [0.15, 0.2) is 35.1 Å². The first-order valence-corrected chi connectivity index (χ1v) is 7.06. The number of hydrogen-bond acceptors (Lipinski definition) is 4. The predicted octanol–water partition coefficient (Wildman–Crippen LogP) is 3.39. The molecule has 1 atom stereocenters. The van der Waals surface area contributed by atoms with Crippen LogP contribution in [0.1, 0.15) is 12.5 Å². The number of halogens is 3. The first-order chi connectivity index (χ1) is 11.9. The van der Waals surface area contributed by atoms with Crippen molar-refractivity contribution in [3.8, 4) is 17.6 Å². The molecular formula is C17H13F3N2O3. The number of nitrogens with zero attached hydrogens (tertiary/aromatic N) is 1. The zero-order valence-electron chi connectivity index (χ0n) is 13.3. The molecule has 2 aromatic carbocycles. The van der Waals surface area contributed by atoms with Gasteiger partial charge >= 0.3 is 0 Å². The van der Waals surface area contributed by atoms with Crippen LogP contribution in [-0.2, 0) is 4.79 Å². The number of amides is 1. The number of carbonyl (C=O) groups is 1. The number of anilines is 1. The van der Waals surface area contributed by atoms with E-state index in [1.807, 2.05) is 6.07 Å². The Bertz CT molecular complexity index is 850. The molecule has 8 heteroatoms. The van der Waals surface area contributed by atoms with Crippen LogP contribution in [0.5, 0.6) is 11.5 Å². The molecule has 1 N–H and O–H groups in total. The van der Waals surface area contributed by atoms with Crippen molar-refractivity contribution in [3.05, 3.63) is 53.3 Å². The lowest BCUT2D eigenvalue weighted by Gasteiger charge is -2.17. The van der Waals surface area contributed by atoms with E-state index in [0.29, 0.717) is 11.6 Å². The minimum absolute atomic E-state index is 0.190. The summed E-state index contributed by atoms with van der Waals surface area (Å²) in [6, 6.07) is 7.87. The van der Waals surface area contributed by atoms with Crippen molar-refractivity contribution in [1.29, 1.82) is 5.26 Å². The maximum absolute atomic E-state index is 13.6. The highest BCUT2D eigenvalue weighted by Crippen LogP contribution is 2.29. The van der Waals surface area contributed by atoms with Crippen molar-refractivity contribution in [1.82, 2.24) is 0 Å². The van der Waals surface area contributed by atoms with Gasteiger partial charge in [-0.1, -0.05) is 0 Å². The van der Waals surface area contributed by atoms with E-state index in [2.05, 4.69) is 5.32 Å². The Labute approximate surface area is 141 Å².